The molecule has 29 heavy (non-hydrogen) atoms. The van der Waals surface area contributed by atoms with Gasteiger partial charge in [0.1, 0.15) is 0 Å². The molecule has 9 heteroatoms. The van der Waals surface area contributed by atoms with Crippen LogP contribution in [0.2, 0.25) is 0 Å². The molecule has 0 fully saturated rings. The van der Waals surface area contributed by atoms with Gasteiger partial charge in [0.25, 0.3) is 0 Å². The van der Waals surface area contributed by atoms with Crippen molar-refractivity contribution in [1.82, 2.24) is 14.8 Å². The molecular weight excluding hydrogens is 501 g/mol. The molecule has 1 heterocycles. The maximum absolute atomic E-state index is 12.3. The molecule has 150 valence electrons. The summed E-state index contributed by atoms with van der Waals surface area (Å²) in [5, 5.41) is 14.9. The molecule has 0 saturated heterocycles. The van der Waals surface area contributed by atoms with Gasteiger partial charge >= 0.3 is 0 Å². The molecule has 2 amide bonds. The second kappa shape index (κ2) is 9.88. The highest BCUT2D eigenvalue weighted by Gasteiger charge is 2.15. The Kier molecular flexibility index (Phi) is 7.26. The van der Waals surface area contributed by atoms with E-state index in [9.17, 15) is 9.59 Å². The Bertz CT molecular complexity index is 1020. The number of para-hydroxylation sites is 1. The summed E-state index contributed by atoms with van der Waals surface area (Å²) in [6.45, 7) is 4.16. The van der Waals surface area contributed by atoms with Crippen LogP contribution < -0.4 is 10.6 Å². The number of benzene rings is 2. The fourth-order valence-electron chi connectivity index (χ4n) is 2.68. The lowest BCUT2D eigenvalue weighted by Crippen LogP contribution is -2.15. The van der Waals surface area contributed by atoms with Crippen LogP contribution >= 0.6 is 34.4 Å². The lowest BCUT2D eigenvalue weighted by molar-refractivity contribution is -0.114. The zero-order chi connectivity index (χ0) is 20.8. The van der Waals surface area contributed by atoms with Gasteiger partial charge in [-0.1, -0.05) is 23.9 Å². The molecule has 0 bridgehead atoms. The number of carbonyl (C=O) groups excluding carboxylic acids is 2. The molecule has 0 radical (unpaired) electrons. The number of nitrogens with one attached hydrogen (secondary N) is 2. The molecule has 0 aliphatic carbocycles. The van der Waals surface area contributed by atoms with Crippen molar-refractivity contribution >= 4 is 57.5 Å². The Morgan fingerprint density at radius 3 is 2.45 bits per heavy atom. The predicted molar refractivity (Wildman–Crippen MR) is 124 cm³/mol. The van der Waals surface area contributed by atoms with Gasteiger partial charge in [-0.3, -0.25) is 9.59 Å². The number of hydrogen-bond acceptors (Lipinski definition) is 5. The molecule has 0 spiro atoms. The predicted octanol–water partition coefficient (Wildman–Crippen LogP) is 4.26. The van der Waals surface area contributed by atoms with Gasteiger partial charge in [0.2, 0.25) is 11.8 Å². The highest BCUT2D eigenvalue weighted by molar-refractivity contribution is 14.1. The smallest absolute Gasteiger partial charge is 0.234 e. The van der Waals surface area contributed by atoms with Gasteiger partial charge in [-0.2, -0.15) is 0 Å². The van der Waals surface area contributed by atoms with Crippen LogP contribution in [0.3, 0.4) is 0 Å². The van der Waals surface area contributed by atoms with E-state index in [0.717, 1.165) is 26.3 Å². The number of thioether (sulfide) groups is 1. The van der Waals surface area contributed by atoms with Gasteiger partial charge in [0.15, 0.2) is 11.0 Å². The third-order valence-electron chi connectivity index (χ3n) is 3.98. The Balaban J connectivity index is 1.68. The molecule has 1 aromatic heterocycles. The number of aromatic nitrogens is 3. The lowest BCUT2D eigenvalue weighted by atomic mass is 10.2. The van der Waals surface area contributed by atoms with Crippen molar-refractivity contribution in [3.8, 4) is 11.4 Å². The Morgan fingerprint density at radius 2 is 1.79 bits per heavy atom. The van der Waals surface area contributed by atoms with Crippen LogP contribution in [0.25, 0.3) is 11.4 Å². The minimum atomic E-state index is -0.114. The molecule has 3 rings (SSSR count). The summed E-state index contributed by atoms with van der Waals surface area (Å²) in [4.78, 5) is 23.5. The Labute approximate surface area is 186 Å². The first-order valence-electron chi connectivity index (χ1n) is 8.96. The largest absolute Gasteiger partial charge is 0.326 e. The number of rotatable bonds is 7. The second-order valence-electron chi connectivity index (χ2n) is 6.13. The van der Waals surface area contributed by atoms with E-state index < -0.39 is 0 Å². The topological polar surface area (TPSA) is 88.9 Å². The van der Waals surface area contributed by atoms with Crippen LogP contribution in [-0.4, -0.2) is 32.3 Å². The summed E-state index contributed by atoms with van der Waals surface area (Å²) in [5.41, 5.74) is 2.42. The summed E-state index contributed by atoms with van der Waals surface area (Å²) in [7, 11) is 0. The minimum absolute atomic E-state index is 0.0917. The number of carbonyl (C=O) groups is 2. The van der Waals surface area contributed by atoms with Crippen molar-refractivity contribution in [2.75, 3.05) is 16.4 Å². The van der Waals surface area contributed by atoms with Gasteiger partial charge in [0.05, 0.1) is 11.4 Å². The number of halogens is 1. The monoisotopic (exact) mass is 521 g/mol. The molecule has 0 saturated carbocycles. The van der Waals surface area contributed by atoms with E-state index in [4.69, 9.17) is 0 Å². The summed E-state index contributed by atoms with van der Waals surface area (Å²) >= 11 is 3.54. The molecule has 2 aromatic carbocycles. The summed E-state index contributed by atoms with van der Waals surface area (Å²) in [6, 6.07) is 15.1. The van der Waals surface area contributed by atoms with Gasteiger partial charge in [0, 0.05) is 28.3 Å². The van der Waals surface area contributed by atoms with Crippen LogP contribution in [0.1, 0.15) is 13.8 Å². The van der Waals surface area contributed by atoms with Gasteiger partial charge in [-0.05, 0) is 65.9 Å². The van der Waals surface area contributed by atoms with E-state index in [2.05, 4.69) is 43.4 Å². The summed E-state index contributed by atoms with van der Waals surface area (Å²) < 4.78 is 2.96. The SMILES string of the molecule is CCn1c(SCC(=O)Nc2ccccc2I)nnc1-c1ccc(NC(C)=O)cc1. The molecule has 0 aliphatic heterocycles. The maximum Gasteiger partial charge on any atom is 0.234 e. The third-order valence-corrected chi connectivity index (χ3v) is 5.88. The van der Waals surface area contributed by atoms with Gasteiger partial charge in [-0.15, -0.1) is 10.2 Å². The third kappa shape index (κ3) is 5.57. The van der Waals surface area contributed by atoms with Crippen molar-refractivity contribution in [1.29, 1.82) is 0 Å². The first kappa shape index (κ1) is 21.3. The normalized spacial score (nSPS) is 10.6. The van der Waals surface area contributed by atoms with Crippen molar-refractivity contribution in [2.24, 2.45) is 0 Å². The van der Waals surface area contributed by atoms with Crippen molar-refractivity contribution < 1.29 is 9.59 Å². The van der Waals surface area contributed by atoms with Crippen LogP contribution in [0.4, 0.5) is 11.4 Å². The highest BCUT2D eigenvalue weighted by Crippen LogP contribution is 2.25. The summed E-state index contributed by atoms with van der Waals surface area (Å²) in [6.07, 6.45) is 0. The Hall–Kier alpha value is -2.40. The number of amides is 2. The quantitative estimate of drug-likeness (QED) is 0.359. The van der Waals surface area contributed by atoms with E-state index in [1.54, 1.807) is 0 Å². The Morgan fingerprint density at radius 1 is 1.07 bits per heavy atom. The average molecular weight is 521 g/mol. The van der Waals surface area contributed by atoms with E-state index in [-0.39, 0.29) is 17.6 Å². The van der Waals surface area contributed by atoms with E-state index in [0.29, 0.717) is 11.7 Å². The second-order valence-corrected chi connectivity index (χ2v) is 8.23. The first-order valence-corrected chi connectivity index (χ1v) is 11.0. The van der Waals surface area contributed by atoms with Gasteiger partial charge < -0.3 is 15.2 Å². The van der Waals surface area contributed by atoms with Gasteiger partial charge in [-0.25, -0.2) is 0 Å². The maximum atomic E-state index is 12.3. The van der Waals surface area contributed by atoms with Crippen LogP contribution in [0, 0.1) is 3.57 Å². The first-order chi connectivity index (χ1) is 14.0. The van der Waals surface area contributed by atoms with Crippen molar-refractivity contribution in [3.63, 3.8) is 0 Å². The fourth-order valence-corrected chi connectivity index (χ4v) is 4.00. The standard InChI is InChI=1S/C20H20IN5O2S/c1-3-26-19(14-8-10-15(11-9-14)22-13(2)27)24-25-20(26)29-12-18(28)23-17-7-5-4-6-16(17)21/h4-11H,3,12H2,1-2H3,(H,22,27)(H,23,28). The van der Waals surface area contributed by atoms with Crippen LogP contribution in [0.15, 0.2) is 53.7 Å². The molecular formula is C20H20IN5O2S. The van der Waals surface area contributed by atoms with E-state index in [1.807, 2.05) is 60.0 Å². The van der Waals surface area contributed by atoms with Crippen LogP contribution in [0.5, 0.6) is 0 Å². The zero-order valence-electron chi connectivity index (χ0n) is 16.0. The van der Waals surface area contributed by atoms with E-state index >= 15 is 0 Å². The summed E-state index contributed by atoms with van der Waals surface area (Å²) in [5.74, 6) is 0.759. The molecule has 0 atom stereocenters. The number of anilines is 2. The molecule has 7 nitrogen and oxygen atoms in total. The minimum Gasteiger partial charge on any atom is -0.326 e. The fraction of sp³-hybridized carbons (Fsp3) is 0.200. The van der Waals surface area contributed by atoms with Crippen molar-refractivity contribution in [2.45, 2.75) is 25.5 Å². The molecule has 0 unspecified atom stereocenters. The molecule has 2 N–H and O–H groups in total. The molecule has 0 aliphatic rings. The molecule has 3 aromatic rings. The van der Waals surface area contributed by atoms with Crippen LogP contribution in [-0.2, 0) is 16.1 Å². The van der Waals surface area contributed by atoms with Crippen molar-refractivity contribution in [3.05, 3.63) is 52.1 Å². The lowest BCUT2D eigenvalue weighted by Gasteiger charge is -2.09. The average Bonchev–Trinajstić information content (AvgIpc) is 3.11. The highest BCUT2D eigenvalue weighted by atomic mass is 127. The van der Waals surface area contributed by atoms with E-state index in [1.165, 1.54) is 18.7 Å². The zero-order valence-corrected chi connectivity index (χ0v) is 19.0. The number of nitrogens with zero attached hydrogens (tertiary/aromatic N) is 3. The number of hydrogen-bond donors (Lipinski definition) is 2.